The van der Waals surface area contributed by atoms with Crippen LogP contribution in [0.4, 0.5) is 29.7 Å². The third-order valence-electron chi connectivity index (χ3n) is 16.6. The number of anilines is 2. The highest BCUT2D eigenvalue weighted by Crippen LogP contribution is 2.49. The maximum Gasteiger partial charge on any atom is 0.407 e. The number of nitrogens with zero attached hydrogens (tertiary/aromatic N) is 6. The zero-order valence-electron chi connectivity index (χ0n) is 45.9. The van der Waals surface area contributed by atoms with Gasteiger partial charge in [0.05, 0.1) is 49.8 Å². The number of carbonyl (C=O) groups excluding carboxylic acids is 4. The number of halogens is 2. The molecule has 2 aromatic heterocycles. The largest absolute Gasteiger partial charge is 0.453 e. The predicted octanol–water partition coefficient (Wildman–Crippen LogP) is 11.3. The number of hydrogen-bond acceptors (Lipinski definition) is 10. The van der Waals surface area contributed by atoms with Crippen LogP contribution in [0.15, 0.2) is 103 Å². The van der Waals surface area contributed by atoms with E-state index in [9.17, 15) is 19.2 Å². The third kappa shape index (κ3) is 11.4. The number of imidazole rings is 2. The van der Waals surface area contributed by atoms with Crippen LogP contribution in [-0.4, -0.2) is 106 Å². The normalized spacial score (nSPS) is 20.5. The van der Waals surface area contributed by atoms with Crippen molar-refractivity contribution in [3.05, 3.63) is 143 Å². The van der Waals surface area contributed by atoms with Crippen molar-refractivity contribution in [3.63, 3.8) is 0 Å². The number of amides is 4. The van der Waals surface area contributed by atoms with Gasteiger partial charge in [0.15, 0.2) is 11.6 Å². The number of methoxy groups -OCH3 is 2. The summed E-state index contributed by atoms with van der Waals surface area (Å²) in [6.45, 7) is 9.73. The summed E-state index contributed by atoms with van der Waals surface area (Å²) in [7, 11) is 2.56. The van der Waals surface area contributed by atoms with E-state index in [0.717, 1.165) is 73.6 Å². The Bertz CT molecular complexity index is 2930. The van der Waals surface area contributed by atoms with Crippen LogP contribution in [0.3, 0.4) is 0 Å². The van der Waals surface area contributed by atoms with Gasteiger partial charge in [0, 0.05) is 55.4 Å². The van der Waals surface area contributed by atoms with E-state index in [1.54, 1.807) is 9.80 Å². The lowest BCUT2D eigenvalue weighted by Gasteiger charge is -2.36. The topological polar surface area (TPSA) is 181 Å². The number of likely N-dealkylation sites (tertiary alicyclic amines) is 2. The van der Waals surface area contributed by atoms with Crippen molar-refractivity contribution in [1.29, 1.82) is 0 Å². The van der Waals surface area contributed by atoms with Crippen molar-refractivity contribution >= 4 is 35.4 Å². The highest BCUT2D eigenvalue weighted by atomic mass is 19.1. The van der Waals surface area contributed by atoms with Crippen LogP contribution in [0.2, 0.25) is 0 Å². The maximum absolute atomic E-state index is 16.7. The Morgan fingerprint density at radius 3 is 1.43 bits per heavy atom. The molecule has 4 saturated heterocycles. The summed E-state index contributed by atoms with van der Waals surface area (Å²) in [6.07, 6.45) is 8.47. The fourth-order valence-corrected chi connectivity index (χ4v) is 12.4. The molecule has 0 saturated carbocycles. The lowest BCUT2D eigenvalue weighted by atomic mass is 9.89. The van der Waals surface area contributed by atoms with E-state index in [4.69, 9.17) is 19.4 Å². The monoisotopic (exact) mass is 1080 g/mol. The fourth-order valence-electron chi connectivity index (χ4n) is 12.4. The number of rotatable bonds is 15. The van der Waals surface area contributed by atoms with Crippen LogP contribution in [0.1, 0.15) is 137 Å². The van der Waals surface area contributed by atoms with Crippen LogP contribution in [0.5, 0.6) is 0 Å². The molecular formula is C61H72F2N10O6. The van der Waals surface area contributed by atoms with Crippen LogP contribution in [-0.2, 0) is 19.1 Å². The first-order valence-corrected chi connectivity index (χ1v) is 27.9. The Labute approximate surface area is 460 Å². The second-order valence-electron chi connectivity index (χ2n) is 22.1. The van der Waals surface area contributed by atoms with Crippen LogP contribution in [0, 0.1) is 23.5 Å². The Kier molecular flexibility index (Phi) is 16.4. The number of benzene rings is 4. The number of aromatic amines is 2. The third-order valence-corrected chi connectivity index (χ3v) is 16.6. The van der Waals surface area contributed by atoms with E-state index in [1.165, 1.54) is 31.9 Å². The van der Waals surface area contributed by atoms with E-state index < -0.39 is 35.9 Å². The summed E-state index contributed by atoms with van der Waals surface area (Å²) in [5.74, 6) is -0.176. The minimum Gasteiger partial charge on any atom is -0.453 e. The molecule has 416 valence electrons. The van der Waals surface area contributed by atoms with E-state index in [-0.39, 0.29) is 53.5 Å². The van der Waals surface area contributed by atoms with Gasteiger partial charge >= 0.3 is 12.2 Å². The zero-order valence-corrected chi connectivity index (χ0v) is 45.9. The number of alkyl carbamates (subject to hydrolysis) is 2. The second-order valence-corrected chi connectivity index (χ2v) is 22.1. The van der Waals surface area contributed by atoms with Crippen molar-refractivity contribution in [2.45, 2.75) is 121 Å². The molecule has 4 aromatic carbocycles. The second kappa shape index (κ2) is 23.7. The predicted molar refractivity (Wildman–Crippen MR) is 298 cm³/mol. The Morgan fingerprint density at radius 1 is 0.570 bits per heavy atom. The molecule has 10 rings (SSSR count). The minimum atomic E-state index is -0.744. The average molecular weight is 1080 g/mol. The highest BCUT2D eigenvalue weighted by molar-refractivity contribution is 5.87. The van der Waals surface area contributed by atoms with Crippen LogP contribution < -0.4 is 20.4 Å². The number of aromatic nitrogens is 4. The van der Waals surface area contributed by atoms with Gasteiger partial charge in [-0.15, -0.1) is 0 Å². The number of piperidine rings is 1. The molecule has 0 unspecified atom stereocenters. The Morgan fingerprint density at radius 2 is 1.01 bits per heavy atom. The van der Waals surface area contributed by atoms with Crippen molar-refractivity contribution < 1.29 is 37.4 Å². The quantitative estimate of drug-likeness (QED) is 0.0773. The number of nitrogens with one attached hydrogen (secondary N) is 4. The molecule has 4 aliphatic heterocycles. The molecule has 0 radical (unpaired) electrons. The SMILES string of the molecule is COC(=O)N[C@H](C(=O)N1CCC[C@H]1c1nc(-c2ccc([C@@H]3CC[C@@H](c4ccc(-c5c[nH]c([C@@H]6CCCN6C(=O)[C@@H](NC(=O)OC)C(C)C)n5)cc4)N3c3cc(F)c(N4CCC(c5ccccc5)CC4)c(F)c3)cc2)c[nH]1)C(C)C. The molecule has 4 fully saturated rings. The molecule has 18 heteroatoms. The molecule has 4 aliphatic rings. The maximum atomic E-state index is 16.7. The molecule has 0 bridgehead atoms. The molecule has 6 heterocycles. The standard InChI is InChI=1S/C61H72F2N10O6/c1-36(2)53(68-60(76)78-5)58(74)71-28-10-14-51(71)56-64-34-47(66-56)40-16-20-42(21-17-40)49-24-25-50(73(49)44-32-45(62)55(46(63)33-44)70-30-26-39(27-31-70)38-12-8-7-9-13-38)43-22-18-41(19-23-43)48-35-65-57(67-48)52-15-11-29-72(52)59(75)54(37(3)4)69-61(77)79-6/h7-9,12-13,16-23,32-37,39,49-54H,10-11,14-15,24-31H2,1-6H3,(H,64,66)(H,65,67)(H,68,76)(H,69,77)/t49-,50-,51-,52-,53-,54-/m0/s1. The van der Waals surface area contributed by atoms with E-state index >= 15 is 8.78 Å². The van der Waals surface area contributed by atoms with Crippen molar-refractivity contribution in [3.8, 4) is 22.5 Å². The van der Waals surface area contributed by atoms with Gasteiger partial charge in [0.1, 0.15) is 29.4 Å². The Hall–Kier alpha value is -7.76. The first-order valence-electron chi connectivity index (χ1n) is 27.9. The summed E-state index contributed by atoms with van der Waals surface area (Å²) >= 11 is 0. The van der Waals surface area contributed by atoms with Gasteiger partial charge in [-0.05, 0) is 97.9 Å². The van der Waals surface area contributed by atoms with Crippen molar-refractivity contribution in [2.75, 3.05) is 50.2 Å². The lowest BCUT2D eigenvalue weighted by Crippen LogP contribution is -2.51. The molecule has 4 N–H and O–H groups in total. The van der Waals surface area contributed by atoms with Gasteiger partial charge in [-0.25, -0.2) is 28.3 Å². The lowest BCUT2D eigenvalue weighted by molar-refractivity contribution is -0.136. The first-order chi connectivity index (χ1) is 38.2. The number of H-pyrrole nitrogens is 2. The van der Waals surface area contributed by atoms with Crippen molar-refractivity contribution in [1.82, 2.24) is 40.4 Å². The Balaban J connectivity index is 0.901. The smallest absolute Gasteiger partial charge is 0.407 e. The summed E-state index contributed by atoms with van der Waals surface area (Å²) < 4.78 is 43.1. The first kappa shape index (κ1) is 54.6. The minimum absolute atomic E-state index is 0.0124. The molecule has 4 amide bonds. The van der Waals surface area contributed by atoms with Crippen molar-refractivity contribution in [2.24, 2.45) is 11.8 Å². The molecule has 0 aliphatic carbocycles. The number of hydrogen-bond donors (Lipinski definition) is 4. The zero-order chi connectivity index (χ0) is 55.5. The summed E-state index contributed by atoms with van der Waals surface area (Å²) in [6, 6.07) is 27.2. The molecular weight excluding hydrogens is 1010 g/mol. The number of ether oxygens (including phenoxy) is 2. The summed E-state index contributed by atoms with van der Waals surface area (Å²) in [5, 5.41) is 5.42. The van der Waals surface area contributed by atoms with Gasteiger partial charge in [0.25, 0.3) is 0 Å². The summed E-state index contributed by atoms with van der Waals surface area (Å²) in [5.41, 5.74) is 6.87. The molecule has 6 aromatic rings. The average Bonchev–Trinajstić information content (AvgIpc) is 4.47. The molecule has 79 heavy (non-hydrogen) atoms. The van der Waals surface area contributed by atoms with Crippen LogP contribution in [0.25, 0.3) is 22.5 Å². The van der Waals surface area contributed by atoms with E-state index in [0.29, 0.717) is 60.8 Å². The van der Waals surface area contributed by atoms with E-state index in [1.807, 2.05) is 87.5 Å². The van der Waals surface area contributed by atoms with E-state index in [2.05, 4.69) is 61.9 Å². The van der Waals surface area contributed by atoms with Crippen LogP contribution >= 0.6 is 0 Å². The van der Waals surface area contributed by atoms with Gasteiger partial charge in [-0.2, -0.15) is 0 Å². The molecule has 16 nitrogen and oxygen atoms in total. The molecule has 6 atom stereocenters. The van der Waals surface area contributed by atoms with Gasteiger partial charge < -0.3 is 49.7 Å². The summed E-state index contributed by atoms with van der Waals surface area (Å²) in [4.78, 5) is 76.2. The highest BCUT2D eigenvalue weighted by Gasteiger charge is 2.41. The number of carbonyl (C=O) groups is 4. The molecule has 0 spiro atoms. The fraction of sp³-hybridized carbons (Fsp3) is 0.443. The van der Waals surface area contributed by atoms with Gasteiger partial charge in [-0.1, -0.05) is 107 Å². The van der Waals surface area contributed by atoms with Gasteiger partial charge in [0.2, 0.25) is 11.8 Å². The van der Waals surface area contributed by atoms with Gasteiger partial charge in [-0.3, -0.25) is 9.59 Å².